The zero-order valence-electron chi connectivity index (χ0n) is 12.9. The van der Waals surface area contributed by atoms with Gasteiger partial charge in [0.05, 0.1) is 19.5 Å². The van der Waals surface area contributed by atoms with Crippen LogP contribution in [0.4, 0.5) is 5.69 Å². The van der Waals surface area contributed by atoms with Crippen LogP contribution in [0, 0.1) is 0 Å². The van der Waals surface area contributed by atoms with E-state index in [4.69, 9.17) is 13.9 Å². The molecule has 0 bridgehead atoms. The van der Waals surface area contributed by atoms with Gasteiger partial charge in [-0.25, -0.2) is 4.79 Å². The predicted octanol–water partition coefficient (Wildman–Crippen LogP) is 3.36. The average molecular weight is 303 g/mol. The molecule has 0 fully saturated rings. The fourth-order valence-electron chi connectivity index (χ4n) is 1.99. The minimum atomic E-state index is -0.390. The molecule has 0 unspecified atom stereocenters. The summed E-state index contributed by atoms with van der Waals surface area (Å²) in [5, 5.41) is 3.12. The van der Waals surface area contributed by atoms with Gasteiger partial charge in [-0.2, -0.15) is 0 Å². The summed E-state index contributed by atoms with van der Waals surface area (Å²) in [5.41, 5.74) is 1.88. The predicted molar refractivity (Wildman–Crippen MR) is 83.4 cm³/mol. The summed E-state index contributed by atoms with van der Waals surface area (Å²) in [7, 11) is 0. The molecule has 0 saturated heterocycles. The van der Waals surface area contributed by atoms with Crippen molar-refractivity contribution < 1.29 is 18.7 Å². The highest BCUT2D eigenvalue weighted by Gasteiger charge is 2.13. The van der Waals surface area contributed by atoms with E-state index in [-0.39, 0.29) is 12.0 Å². The minimum Gasteiger partial charge on any atom is -0.467 e. The van der Waals surface area contributed by atoms with Crippen LogP contribution in [0.1, 0.15) is 25.2 Å². The fraction of sp³-hybridized carbons (Fsp3) is 0.353. The van der Waals surface area contributed by atoms with Crippen LogP contribution in [0.5, 0.6) is 0 Å². The summed E-state index contributed by atoms with van der Waals surface area (Å²) >= 11 is 0. The summed E-state index contributed by atoms with van der Waals surface area (Å²) in [6, 6.07) is 11.1. The number of esters is 1. The molecule has 0 spiro atoms. The molecule has 0 aliphatic heterocycles. The maximum atomic E-state index is 11.6. The first-order chi connectivity index (χ1) is 10.7. The highest BCUT2D eigenvalue weighted by atomic mass is 16.5. The lowest BCUT2D eigenvalue weighted by atomic mass is 10.2. The van der Waals surface area contributed by atoms with E-state index in [1.807, 2.05) is 36.4 Å². The lowest BCUT2D eigenvalue weighted by Gasteiger charge is -2.14. The Hall–Kier alpha value is -2.27. The Morgan fingerprint density at radius 1 is 1.27 bits per heavy atom. The van der Waals surface area contributed by atoms with E-state index >= 15 is 0 Å². The molecule has 0 radical (unpaired) electrons. The second kappa shape index (κ2) is 8.24. The third kappa shape index (κ3) is 4.93. The monoisotopic (exact) mass is 303 g/mol. The van der Waals surface area contributed by atoms with Gasteiger partial charge in [0.25, 0.3) is 0 Å². The van der Waals surface area contributed by atoms with Crippen LogP contribution in [0.2, 0.25) is 0 Å². The smallest absolute Gasteiger partial charge is 0.328 e. The van der Waals surface area contributed by atoms with Gasteiger partial charge in [0, 0.05) is 5.69 Å². The second-order valence-corrected chi connectivity index (χ2v) is 4.89. The van der Waals surface area contributed by atoms with E-state index in [0.29, 0.717) is 19.8 Å². The molecule has 1 heterocycles. The molecule has 1 aromatic heterocycles. The SMILES string of the molecule is CCOC(=O)[C@H](C)Nc1cccc(COCc2ccco2)c1. The molecule has 22 heavy (non-hydrogen) atoms. The molecule has 5 nitrogen and oxygen atoms in total. The Bertz CT molecular complexity index is 580. The van der Waals surface area contributed by atoms with Crippen LogP contribution >= 0.6 is 0 Å². The molecule has 2 aromatic rings. The van der Waals surface area contributed by atoms with Crippen molar-refractivity contribution in [3.63, 3.8) is 0 Å². The van der Waals surface area contributed by atoms with E-state index in [1.54, 1.807) is 20.1 Å². The van der Waals surface area contributed by atoms with Crippen molar-refractivity contribution in [1.29, 1.82) is 0 Å². The first-order valence-corrected chi connectivity index (χ1v) is 7.31. The van der Waals surface area contributed by atoms with Gasteiger partial charge in [-0.05, 0) is 43.7 Å². The fourth-order valence-corrected chi connectivity index (χ4v) is 1.99. The summed E-state index contributed by atoms with van der Waals surface area (Å²) in [6.07, 6.45) is 1.63. The molecule has 0 aliphatic rings. The maximum absolute atomic E-state index is 11.6. The summed E-state index contributed by atoms with van der Waals surface area (Å²) < 4.78 is 15.8. The summed E-state index contributed by atoms with van der Waals surface area (Å²) in [4.78, 5) is 11.6. The number of anilines is 1. The van der Waals surface area contributed by atoms with Gasteiger partial charge in [0.1, 0.15) is 18.4 Å². The largest absolute Gasteiger partial charge is 0.467 e. The third-order valence-electron chi connectivity index (χ3n) is 3.04. The molecule has 1 aromatic carbocycles. The van der Waals surface area contributed by atoms with Gasteiger partial charge in [-0.1, -0.05) is 12.1 Å². The van der Waals surface area contributed by atoms with Crippen LogP contribution in [-0.2, 0) is 27.5 Å². The first kappa shape index (κ1) is 16.1. The van der Waals surface area contributed by atoms with Crippen LogP contribution in [-0.4, -0.2) is 18.6 Å². The van der Waals surface area contributed by atoms with Crippen molar-refractivity contribution in [2.75, 3.05) is 11.9 Å². The molecule has 0 saturated carbocycles. The molecule has 1 atom stereocenters. The Morgan fingerprint density at radius 2 is 2.14 bits per heavy atom. The van der Waals surface area contributed by atoms with E-state index in [1.165, 1.54) is 0 Å². The third-order valence-corrected chi connectivity index (χ3v) is 3.04. The van der Waals surface area contributed by atoms with Crippen molar-refractivity contribution in [2.45, 2.75) is 33.1 Å². The number of hydrogen-bond donors (Lipinski definition) is 1. The number of carbonyl (C=O) groups excluding carboxylic acids is 1. The quantitative estimate of drug-likeness (QED) is 0.758. The van der Waals surface area contributed by atoms with Crippen LogP contribution in [0.15, 0.2) is 47.1 Å². The van der Waals surface area contributed by atoms with Gasteiger partial charge in [0.2, 0.25) is 0 Å². The molecule has 1 N–H and O–H groups in total. The summed E-state index contributed by atoms with van der Waals surface area (Å²) in [6.45, 7) is 4.86. The Labute approximate surface area is 130 Å². The number of rotatable bonds is 8. The number of furan rings is 1. The van der Waals surface area contributed by atoms with Crippen molar-refractivity contribution in [1.82, 2.24) is 0 Å². The molecule has 5 heteroatoms. The van der Waals surface area contributed by atoms with Crippen LogP contribution in [0.25, 0.3) is 0 Å². The molecule has 2 rings (SSSR count). The molecular weight excluding hydrogens is 282 g/mol. The molecule has 0 aliphatic carbocycles. The normalized spacial score (nSPS) is 11.9. The second-order valence-electron chi connectivity index (χ2n) is 4.89. The highest BCUT2D eigenvalue weighted by Crippen LogP contribution is 2.14. The lowest BCUT2D eigenvalue weighted by Crippen LogP contribution is -2.28. The van der Waals surface area contributed by atoms with Gasteiger partial charge >= 0.3 is 5.97 Å². The number of hydrogen-bond acceptors (Lipinski definition) is 5. The van der Waals surface area contributed by atoms with E-state index in [0.717, 1.165) is 17.0 Å². The number of nitrogens with one attached hydrogen (secondary N) is 1. The Morgan fingerprint density at radius 3 is 2.86 bits per heavy atom. The minimum absolute atomic E-state index is 0.262. The van der Waals surface area contributed by atoms with Gasteiger partial charge in [0.15, 0.2) is 0 Å². The van der Waals surface area contributed by atoms with Gasteiger partial charge in [-0.15, -0.1) is 0 Å². The van der Waals surface area contributed by atoms with Gasteiger partial charge < -0.3 is 19.2 Å². The Balaban J connectivity index is 1.85. The molecule has 0 amide bonds. The van der Waals surface area contributed by atoms with Gasteiger partial charge in [-0.3, -0.25) is 0 Å². The number of benzene rings is 1. The lowest BCUT2D eigenvalue weighted by molar-refractivity contribution is -0.143. The topological polar surface area (TPSA) is 60.7 Å². The van der Waals surface area contributed by atoms with E-state index in [2.05, 4.69) is 5.32 Å². The van der Waals surface area contributed by atoms with E-state index in [9.17, 15) is 4.79 Å². The standard InChI is InChI=1S/C17H21NO4/c1-3-21-17(19)13(2)18-15-7-4-6-14(10-15)11-20-12-16-8-5-9-22-16/h4-10,13,18H,3,11-12H2,1-2H3/t13-/m0/s1. The van der Waals surface area contributed by atoms with Crippen LogP contribution < -0.4 is 5.32 Å². The zero-order chi connectivity index (χ0) is 15.8. The zero-order valence-corrected chi connectivity index (χ0v) is 12.9. The van der Waals surface area contributed by atoms with Crippen molar-refractivity contribution >= 4 is 11.7 Å². The van der Waals surface area contributed by atoms with Crippen molar-refractivity contribution in [2.24, 2.45) is 0 Å². The highest BCUT2D eigenvalue weighted by molar-refractivity contribution is 5.78. The van der Waals surface area contributed by atoms with Crippen molar-refractivity contribution in [3.8, 4) is 0 Å². The first-order valence-electron chi connectivity index (χ1n) is 7.31. The summed E-state index contributed by atoms with van der Waals surface area (Å²) in [5.74, 6) is 0.534. The molecule has 118 valence electrons. The number of ether oxygens (including phenoxy) is 2. The Kier molecular flexibility index (Phi) is 6.03. The maximum Gasteiger partial charge on any atom is 0.328 e. The average Bonchev–Trinajstić information content (AvgIpc) is 3.01. The van der Waals surface area contributed by atoms with Crippen LogP contribution in [0.3, 0.4) is 0 Å². The van der Waals surface area contributed by atoms with Crippen molar-refractivity contribution in [3.05, 3.63) is 54.0 Å². The number of carbonyl (C=O) groups is 1. The van der Waals surface area contributed by atoms with E-state index < -0.39 is 0 Å². The molecular formula is C17H21NO4.